The number of aromatic carboxylic acids is 1. The Labute approximate surface area is 144 Å². The average molecular weight is 338 g/mol. The first-order chi connectivity index (χ1) is 11.5. The van der Waals surface area contributed by atoms with E-state index in [4.69, 9.17) is 17.3 Å². The zero-order valence-electron chi connectivity index (χ0n) is 12.6. The van der Waals surface area contributed by atoms with Crippen molar-refractivity contribution in [2.75, 3.05) is 0 Å². The largest absolute Gasteiger partial charge is 0.478 e. The van der Waals surface area contributed by atoms with E-state index >= 15 is 0 Å². The summed E-state index contributed by atoms with van der Waals surface area (Å²) in [6, 6.07) is 15.9. The molecule has 0 spiro atoms. The van der Waals surface area contributed by atoms with Crippen LogP contribution in [0, 0.1) is 0 Å². The molecule has 0 unspecified atom stereocenters. The van der Waals surface area contributed by atoms with Crippen LogP contribution in [0.5, 0.6) is 0 Å². The van der Waals surface area contributed by atoms with Crippen LogP contribution in [-0.2, 0) is 11.3 Å². The number of carbonyl (C=O) groups is 2. The summed E-state index contributed by atoms with van der Waals surface area (Å²) >= 11 is 5.24. The Bertz CT molecular complexity index is 829. The maximum Gasteiger partial charge on any atom is 0.335 e. The average Bonchev–Trinajstić information content (AvgIpc) is 2.84. The normalized spacial score (nSPS) is 15.7. The van der Waals surface area contributed by atoms with Gasteiger partial charge in [0.1, 0.15) is 5.70 Å². The first-order valence-electron chi connectivity index (χ1n) is 7.26. The second-order valence-electron chi connectivity index (χ2n) is 5.29. The third-order valence-corrected chi connectivity index (χ3v) is 3.94. The van der Waals surface area contributed by atoms with Crippen LogP contribution in [0.25, 0.3) is 6.08 Å². The van der Waals surface area contributed by atoms with Gasteiger partial charge < -0.3 is 10.4 Å². The Morgan fingerprint density at radius 1 is 1.12 bits per heavy atom. The first-order valence-corrected chi connectivity index (χ1v) is 7.67. The van der Waals surface area contributed by atoms with Gasteiger partial charge in [0.25, 0.3) is 5.91 Å². The number of carbonyl (C=O) groups excluding carboxylic acids is 1. The van der Waals surface area contributed by atoms with Gasteiger partial charge in [0.2, 0.25) is 0 Å². The summed E-state index contributed by atoms with van der Waals surface area (Å²) in [6.45, 7) is 0.404. The van der Waals surface area contributed by atoms with E-state index in [2.05, 4.69) is 5.32 Å². The van der Waals surface area contributed by atoms with Crippen LogP contribution in [0.15, 0.2) is 60.3 Å². The first kappa shape index (κ1) is 15.9. The maximum atomic E-state index is 12.5. The number of nitrogens with one attached hydrogen (secondary N) is 1. The van der Waals surface area contributed by atoms with E-state index in [0.29, 0.717) is 17.4 Å². The van der Waals surface area contributed by atoms with E-state index in [9.17, 15) is 9.59 Å². The molecule has 3 rings (SSSR count). The number of hydrogen-bond donors (Lipinski definition) is 2. The van der Waals surface area contributed by atoms with E-state index in [-0.39, 0.29) is 11.5 Å². The highest BCUT2D eigenvalue weighted by atomic mass is 32.1. The molecule has 2 aromatic carbocycles. The molecule has 6 heteroatoms. The monoisotopic (exact) mass is 338 g/mol. The smallest absolute Gasteiger partial charge is 0.335 e. The van der Waals surface area contributed by atoms with Crippen molar-refractivity contribution in [3.8, 4) is 0 Å². The Kier molecular flexibility index (Phi) is 4.39. The molecule has 120 valence electrons. The molecule has 1 amide bonds. The van der Waals surface area contributed by atoms with Gasteiger partial charge in [-0.2, -0.15) is 0 Å². The van der Waals surface area contributed by atoms with E-state index in [1.54, 1.807) is 18.2 Å². The molecule has 0 aromatic heterocycles. The summed E-state index contributed by atoms with van der Waals surface area (Å²) in [4.78, 5) is 24.9. The molecule has 1 fully saturated rings. The number of hydrogen-bond acceptors (Lipinski definition) is 3. The molecular weight excluding hydrogens is 324 g/mol. The Balaban J connectivity index is 1.79. The fraction of sp³-hybridized carbons (Fsp3) is 0.0556. The fourth-order valence-corrected chi connectivity index (χ4v) is 2.63. The highest BCUT2D eigenvalue weighted by molar-refractivity contribution is 7.80. The maximum absolute atomic E-state index is 12.5. The van der Waals surface area contributed by atoms with E-state index in [1.807, 2.05) is 30.3 Å². The third kappa shape index (κ3) is 3.33. The summed E-state index contributed by atoms with van der Waals surface area (Å²) in [5.41, 5.74) is 2.28. The standard InChI is InChI=1S/C18H14N2O3S/c21-16-15(10-12-6-8-14(9-7-12)17(22)23)19-18(24)20(16)11-13-4-2-1-3-5-13/h1-10H,11H2,(H,19,24)(H,22,23)/b15-10-. The highest BCUT2D eigenvalue weighted by Gasteiger charge is 2.30. The van der Waals surface area contributed by atoms with Crippen molar-refractivity contribution in [1.82, 2.24) is 10.2 Å². The lowest BCUT2D eigenvalue weighted by atomic mass is 10.1. The number of nitrogens with zero attached hydrogens (tertiary/aromatic N) is 1. The molecule has 0 atom stereocenters. The van der Waals surface area contributed by atoms with Gasteiger partial charge in [-0.15, -0.1) is 0 Å². The van der Waals surface area contributed by atoms with Crippen LogP contribution in [0.2, 0.25) is 0 Å². The number of rotatable bonds is 4. The molecule has 1 aliphatic heterocycles. The van der Waals surface area contributed by atoms with Crippen molar-refractivity contribution in [2.45, 2.75) is 6.54 Å². The predicted molar refractivity (Wildman–Crippen MR) is 94.1 cm³/mol. The van der Waals surface area contributed by atoms with Crippen LogP contribution in [-0.4, -0.2) is 27.0 Å². The van der Waals surface area contributed by atoms with Crippen LogP contribution in [0.4, 0.5) is 0 Å². The second-order valence-corrected chi connectivity index (χ2v) is 5.68. The van der Waals surface area contributed by atoms with Crippen LogP contribution >= 0.6 is 12.2 Å². The van der Waals surface area contributed by atoms with Crippen molar-refractivity contribution in [2.24, 2.45) is 0 Å². The summed E-state index contributed by atoms with van der Waals surface area (Å²) in [5, 5.41) is 12.2. The summed E-state index contributed by atoms with van der Waals surface area (Å²) in [7, 11) is 0. The Morgan fingerprint density at radius 3 is 2.42 bits per heavy atom. The number of thiocarbonyl (C=S) groups is 1. The third-order valence-electron chi connectivity index (χ3n) is 3.61. The van der Waals surface area contributed by atoms with Gasteiger partial charge in [-0.1, -0.05) is 42.5 Å². The molecule has 1 heterocycles. The fourth-order valence-electron chi connectivity index (χ4n) is 2.37. The van der Waals surface area contributed by atoms with E-state index in [1.165, 1.54) is 17.0 Å². The minimum atomic E-state index is -0.987. The van der Waals surface area contributed by atoms with Crippen LogP contribution < -0.4 is 5.32 Å². The van der Waals surface area contributed by atoms with Gasteiger partial charge in [-0.05, 0) is 41.6 Å². The number of carboxylic acids is 1. The molecule has 0 aliphatic carbocycles. The second kappa shape index (κ2) is 6.64. The molecule has 5 nitrogen and oxygen atoms in total. The molecule has 2 N–H and O–H groups in total. The predicted octanol–water partition coefficient (Wildman–Crippen LogP) is 2.64. The van der Waals surface area contributed by atoms with Crippen molar-refractivity contribution in [1.29, 1.82) is 0 Å². The quantitative estimate of drug-likeness (QED) is 0.662. The Hall–Kier alpha value is -2.99. The highest BCUT2D eigenvalue weighted by Crippen LogP contribution is 2.17. The van der Waals surface area contributed by atoms with Crippen LogP contribution in [0.3, 0.4) is 0 Å². The van der Waals surface area contributed by atoms with Gasteiger partial charge in [0, 0.05) is 0 Å². The number of benzene rings is 2. The molecule has 0 bridgehead atoms. The molecule has 1 saturated heterocycles. The lowest BCUT2D eigenvalue weighted by molar-refractivity contribution is -0.122. The van der Waals surface area contributed by atoms with Gasteiger partial charge >= 0.3 is 5.97 Å². The minimum absolute atomic E-state index is 0.198. The lowest BCUT2D eigenvalue weighted by Gasteiger charge is -2.13. The van der Waals surface area contributed by atoms with Crippen molar-refractivity contribution < 1.29 is 14.7 Å². The summed E-state index contributed by atoms with van der Waals surface area (Å²) in [5.74, 6) is -1.19. The minimum Gasteiger partial charge on any atom is -0.478 e. The lowest BCUT2D eigenvalue weighted by Crippen LogP contribution is -2.29. The van der Waals surface area contributed by atoms with Crippen LogP contribution in [0.1, 0.15) is 21.5 Å². The molecule has 1 aliphatic rings. The summed E-state index contributed by atoms with van der Waals surface area (Å²) < 4.78 is 0. The zero-order valence-corrected chi connectivity index (χ0v) is 13.4. The Morgan fingerprint density at radius 2 is 1.79 bits per heavy atom. The van der Waals surface area contributed by atoms with E-state index < -0.39 is 5.97 Å². The van der Waals surface area contributed by atoms with Gasteiger partial charge in [-0.25, -0.2) is 4.79 Å². The van der Waals surface area contributed by atoms with Gasteiger partial charge in [-0.3, -0.25) is 9.69 Å². The van der Waals surface area contributed by atoms with E-state index in [0.717, 1.165) is 11.1 Å². The molecule has 0 saturated carbocycles. The topological polar surface area (TPSA) is 69.6 Å². The SMILES string of the molecule is O=C(O)c1ccc(/C=C2\NC(=S)N(Cc3ccccc3)C2=O)cc1. The van der Waals surface area contributed by atoms with Gasteiger partial charge in [0.05, 0.1) is 12.1 Å². The number of carboxylic acid groups (broad SMARTS) is 1. The molecule has 2 aromatic rings. The number of amides is 1. The van der Waals surface area contributed by atoms with Crippen molar-refractivity contribution in [3.05, 3.63) is 77.0 Å². The zero-order chi connectivity index (χ0) is 17.1. The summed E-state index contributed by atoms with van der Waals surface area (Å²) in [6.07, 6.45) is 1.66. The van der Waals surface area contributed by atoms with Gasteiger partial charge in [0.15, 0.2) is 5.11 Å². The van der Waals surface area contributed by atoms with Crippen molar-refractivity contribution in [3.63, 3.8) is 0 Å². The van der Waals surface area contributed by atoms with Crippen molar-refractivity contribution >= 4 is 35.3 Å². The molecule has 24 heavy (non-hydrogen) atoms. The molecule has 0 radical (unpaired) electrons. The molecular formula is C18H14N2O3S.